The highest BCUT2D eigenvalue weighted by atomic mass is 35.5. The van der Waals surface area contributed by atoms with E-state index in [-0.39, 0.29) is 11.8 Å². The Morgan fingerprint density at radius 3 is 2.44 bits per heavy atom. The SMILES string of the molecule is N#Cc1cc(C=O)cc(C(F)(F)F)c1C(=O)CCl. The maximum atomic E-state index is 12.8. The van der Waals surface area contributed by atoms with Crippen molar-refractivity contribution < 1.29 is 22.8 Å². The van der Waals surface area contributed by atoms with Crippen LogP contribution in [0.5, 0.6) is 0 Å². The van der Waals surface area contributed by atoms with Crippen LogP contribution in [0.2, 0.25) is 0 Å². The standard InChI is InChI=1S/C11H5ClF3NO2/c12-3-9(18)10-7(4-16)1-6(5-17)2-8(10)11(13,14)15/h1-2,5H,3H2. The Morgan fingerprint density at radius 2 is 2.06 bits per heavy atom. The van der Waals surface area contributed by atoms with Crippen LogP contribution in [0.3, 0.4) is 0 Å². The van der Waals surface area contributed by atoms with Crippen molar-refractivity contribution in [1.82, 2.24) is 0 Å². The monoisotopic (exact) mass is 275 g/mol. The summed E-state index contributed by atoms with van der Waals surface area (Å²) in [6, 6.07) is 2.90. The fraction of sp³-hybridized carbons (Fsp3) is 0.182. The third-order valence-electron chi connectivity index (χ3n) is 2.12. The van der Waals surface area contributed by atoms with Gasteiger partial charge in [-0.1, -0.05) is 0 Å². The van der Waals surface area contributed by atoms with Gasteiger partial charge in [0.25, 0.3) is 0 Å². The van der Waals surface area contributed by atoms with Gasteiger partial charge in [-0.3, -0.25) is 9.59 Å². The number of carbonyl (C=O) groups is 2. The molecule has 0 atom stereocenters. The van der Waals surface area contributed by atoms with E-state index in [2.05, 4.69) is 0 Å². The van der Waals surface area contributed by atoms with Gasteiger partial charge in [0.2, 0.25) is 0 Å². The highest BCUT2D eigenvalue weighted by molar-refractivity contribution is 6.31. The first-order chi connectivity index (χ1) is 8.35. The second-order valence-corrected chi connectivity index (χ2v) is 3.54. The number of aldehydes is 1. The number of hydrogen-bond acceptors (Lipinski definition) is 3. The lowest BCUT2D eigenvalue weighted by Gasteiger charge is -2.13. The molecule has 0 amide bonds. The molecule has 0 saturated carbocycles. The predicted molar refractivity (Wildman–Crippen MR) is 56.6 cm³/mol. The number of hydrogen-bond donors (Lipinski definition) is 0. The van der Waals surface area contributed by atoms with Gasteiger partial charge in [-0.25, -0.2) is 0 Å². The van der Waals surface area contributed by atoms with Crippen molar-refractivity contribution in [2.75, 3.05) is 5.88 Å². The number of Topliss-reactive ketones (excluding diaryl/α,β-unsaturated/α-hetero) is 1. The van der Waals surface area contributed by atoms with E-state index in [4.69, 9.17) is 16.9 Å². The molecular formula is C11H5ClF3NO2. The zero-order valence-corrected chi connectivity index (χ0v) is 9.47. The number of ketones is 1. The van der Waals surface area contributed by atoms with Crippen LogP contribution < -0.4 is 0 Å². The van der Waals surface area contributed by atoms with Crippen LogP contribution >= 0.6 is 11.6 Å². The molecule has 0 aliphatic carbocycles. The number of benzene rings is 1. The molecule has 1 aromatic carbocycles. The van der Waals surface area contributed by atoms with E-state index in [1.54, 1.807) is 0 Å². The first kappa shape index (κ1) is 14.2. The van der Waals surface area contributed by atoms with Crippen molar-refractivity contribution in [1.29, 1.82) is 5.26 Å². The summed E-state index contributed by atoms with van der Waals surface area (Å²) in [5.74, 6) is -1.70. The maximum Gasteiger partial charge on any atom is 0.417 e. The Balaban J connectivity index is 3.70. The van der Waals surface area contributed by atoms with Crippen LogP contribution in [0.1, 0.15) is 31.8 Å². The summed E-state index contributed by atoms with van der Waals surface area (Å²) in [5, 5.41) is 8.74. The normalized spacial score (nSPS) is 10.8. The first-order valence-electron chi connectivity index (χ1n) is 4.54. The number of alkyl halides is 4. The Kier molecular flexibility index (Phi) is 4.09. The smallest absolute Gasteiger partial charge is 0.298 e. The van der Waals surface area contributed by atoms with Gasteiger partial charge in [-0.05, 0) is 12.1 Å². The van der Waals surface area contributed by atoms with Crippen molar-refractivity contribution in [2.45, 2.75) is 6.18 Å². The molecule has 0 unspecified atom stereocenters. The van der Waals surface area contributed by atoms with E-state index in [0.717, 1.165) is 6.07 Å². The van der Waals surface area contributed by atoms with E-state index in [0.29, 0.717) is 6.07 Å². The minimum atomic E-state index is -4.85. The molecule has 0 saturated heterocycles. The molecule has 0 bridgehead atoms. The minimum absolute atomic E-state index is 0.172. The summed E-state index contributed by atoms with van der Waals surface area (Å²) in [4.78, 5) is 21.9. The van der Waals surface area contributed by atoms with Crippen molar-refractivity contribution in [3.63, 3.8) is 0 Å². The lowest BCUT2D eigenvalue weighted by atomic mass is 9.95. The fourth-order valence-corrected chi connectivity index (χ4v) is 1.55. The summed E-state index contributed by atoms with van der Waals surface area (Å²) in [6.45, 7) is 0. The highest BCUT2D eigenvalue weighted by Crippen LogP contribution is 2.34. The fourth-order valence-electron chi connectivity index (χ4n) is 1.41. The van der Waals surface area contributed by atoms with E-state index < -0.39 is 34.5 Å². The van der Waals surface area contributed by atoms with Gasteiger partial charge >= 0.3 is 6.18 Å². The van der Waals surface area contributed by atoms with Crippen LogP contribution in [0.4, 0.5) is 13.2 Å². The summed E-state index contributed by atoms with van der Waals surface area (Å²) in [6.07, 6.45) is -4.67. The molecule has 94 valence electrons. The van der Waals surface area contributed by atoms with Gasteiger partial charge in [0.1, 0.15) is 6.29 Å². The number of nitrogens with zero attached hydrogens (tertiary/aromatic N) is 1. The Morgan fingerprint density at radius 1 is 1.44 bits per heavy atom. The molecule has 0 aliphatic rings. The molecule has 0 heterocycles. The van der Waals surface area contributed by atoms with Crippen molar-refractivity contribution >= 4 is 23.7 Å². The molecule has 0 N–H and O–H groups in total. The number of halogens is 4. The predicted octanol–water partition coefficient (Wildman–Crippen LogP) is 2.81. The zero-order valence-electron chi connectivity index (χ0n) is 8.71. The average Bonchev–Trinajstić information content (AvgIpc) is 2.34. The van der Waals surface area contributed by atoms with Gasteiger partial charge in [0.05, 0.1) is 23.1 Å². The molecule has 18 heavy (non-hydrogen) atoms. The molecule has 3 nitrogen and oxygen atoms in total. The summed E-state index contributed by atoms with van der Waals surface area (Å²) in [5.41, 5.74) is -2.97. The van der Waals surface area contributed by atoms with Crippen LogP contribution in [0, 0.1) is 11.3 Å². The summed E-state index contributed by atoms with van der Waals surface area (Å²) < 4.78 is 38.3. The van der Waals surface area contributed by atoms with Crippen molar-refractivity contribution in [2.24, 2.45) is 0 Å². The first-order valence-corrected chi connectivity index (χ1v) is 5.08. The highest BCUT2D eigenvalue weighted by Gasteiger charge is 2.36. The quantitative estimate of drug-likeness (QED) is 0.484. The maximum absolute atomic E-state index is 12.8. The van der Waals surface area contributed by atoms with Gasteiger partial charge in [-0.2, -0.15) is 18.4 Å². The molecule has 1 rings (SSSR count). The minimum Gasteiger partial charge on any atom is -0.298 e. The number of carbonyl (C=O) groups excluding carboxylic acids is 2. The second kappa shape index (κ2) is 5.19. The topological polar surface area (TPSA) is 57.9 Å². The average molecular weight is 276 g/mol. The Labute approximate surface area is 105 Å². The molecule has 0 radical (unpaired) electrons. The lowest BCUT2D eigenvalue weighted by Crippen LogP contribution is -2.16. The number of rotatable bonds is 3. The lowest BCUT2D eigenvalue weighted by molar-refractivity contribution is -0.137. The molecule has 7 heteroatoms. The van der Waals surface area contributed by atoms with Crippen LogP contribution in [-0.4, -0.2) is 17.9 Å². The summed E-state index contributed by atoms with van der Waals surface area (Å²) >= 11 is 5.22. The van der Waals surface area contributed by atoms with Crippen LogP contribution in [-0.2, 0) is 6.18 Å². The largest absolute Gasteiger partial charge is 0.417 e. The second-order valence-electron chi connectivity index (χ2n) is 3.28. The Bertz CT molecular complexity index is 546. The van der Waals surface area contributed by atoms with Crippen molar-refractivity contribution in [3.05, 3.63) is 34.4 Å². The van der Waals surface area contributed by atoms with Gasteiger partial charge in [0, 0.05) is 11.1 Å². The zero-order chi connectivity index (χ0) is 13.9. The van der Waals surface area contributed by atoms with Gasteiger partial charge < -0.3 is 0 Å². The summed E-state index contributed by atoms with van der Waals surface area (Å²) in [7, 11) is 0. The van der Waals surface area contributed by atoms with E-state index in [9.17, 15) is 22.8 Å². The molecule has 0 aliphatic heterocycles. The molecule has 0 aromatic heterocycles. The van der Waals surface area contributed by atoms with Gasteiger partial charge in [0.15, 0.2) is 5.78 Å². The molecular weight excluding hydrogens is 271 g/mol. The van der Waals surface area contributed by atoms with E-state index >= 15 is 0 Å². The number of nitriles is 1. The molecule has 0 spiro atoms. The van der Waals surface area contributed by atoms with E-state index in [1.165, 1.54) is 6.07 Å². The van der Waals surface area contributed by atoms with Crippen LogP contribution in [0.15, 0.2) is 12.1 Å². The third kappa shape index (κ3) is 2.68. The Hall–Kier alpha value is -1.87. The molecule has 0 fully saturated rings. The van der Waals surface area contributed by atoms with Crippen LogP contribution in [0.25, 0.3) is 0 Å². The van der Waals surface area contributed by atoms with E-state index in [1.807, 2.05) is 0 Å². The van der Waals surface area contributed by atoms with Crippen molar-refractivity contribution in [3.8, 4) is 6.07 Å². The third-order valence-corrected chi connectivity index (χ3v) is 2.37. The van der Waals surface area contributed by atoms with Gasteiger partial charge in [-0.15, -0.1) is 11.6 Å². The molecule has 1 aromatic rings.